The molecule has 1 N–H and O–H groups in total. The molecule has 0 spiro atoms. The highest BCUT2D eigenvalue weighted by Crippen LogP contribution is 2.31. The minimum Gasteiger partial charge on any atom is -0.308 e. The number of nitrogens with zero attached hydrogens (tertiary/aromatic N) is 2. The first kappa shape index (κ1) is 15.8. The maximum absolute atomic E-state index is 6.32. The first-order chi connectivity index (χ1) is 9.56. The number of benzene rings is 1. The fourth-order valence-corrected chi connectivity index (χ4v) is 3.39. The molecule has 20 heavy (non-hydrogen) atoms. The predicted octanol–water partition coefficient (Wildman–Crippen LogP) is 4.67. The summed E-state index contributed by atoms with van der Waals surface area (Å²) in [6.07, 6.45) is 2.69. The van der Waals surface area contributed by atoms with Gasteiger partial charge in [0.25, 0.3) is 0 Å². The van der Waals surface area contributed by atoms with Crippen molar-refractivity contribution in [3.8, 4) is 0 Å². The average molecular weight is 377 g/mol. The lowest BCUT2D eigenvalue weighted by molar-refractivity contribution is 0.535. The van der Waals surface area contributed by atoms with Gasteiger partial charge in [0.15, 0.2) is 0 Å². The summed E-state index contributed by atoms with van der Waals surface area (Å²) in [7, 11) is 1.90. The summed E-state index contributed by atoms with van der Waals surface area (Å²) in [5.74, 6) is 0. The molecule has 0 amide bonds. The van der Waals surface area contributed by atoms with Crippen LogP contribution in [0.15, 0.2) is 28.9 Å². The van der Waals surface area contributed by atoms with Gasteiger partial charge in [-0.15, -0.1) is 0 Å². The molecule has 0 saturated heterocycles. The molecule has 0 aliphatic carbocycles. The minimum absolute atomic E-state index is 0.0495. The van der Waals surface area contributed by atoms with Crippen molar-refractivity contribution in [3.05, 3.63) is 50.2 Å². The Kier molecular flexibility index (Phi) is 5.49. The Bertz CT molecular complexity index is 578. The molecule has 1 unspecified atom stereocenters. The molecule has 0 bridgehead atoms. The lowest BCUT2D eigenvalue weighted by Crippen LogP contribution is -2.22. The maximum Gasteiger partial charge on any atom is 0.0837 e. The SMILES string of the molecule is CCCn1ncc(Cl)c1C(NC)c1cc(Cl)cc(Br)c1. The van der Waals surface area contributed by atoms with Gasteiger partial charge in [-0.05, 0) is 37.2 Å². The molecule has 2 aromatic rings. The number of aromatic nitrogens is 2. The normalized spacial score (nSPS) is 12.7. The Morgan fingerprint density at radius 1 is 1.35 bits per heavy atom. The van der Waals surface area contributed by atoms with E-state index in [1.807, 2.05) is 29.9 Å². The molecule has 0 saturated carbocycles. The molecule has 2 rings (SSSR count). The summed E-state index contributed by atoms with van der Waals surface area (Å²) in [4.78, 5) is 0. The number of hydrogen-bond acceptors (Lipinski definition) is 2. The monoisotopic (exact) mass is 375 g/mol. The van der Waals surface area contributed by atoms with Gasteiger partial charge in [-0.25, -0.2) is 0 Å². The molecule has 0 fully saturated rings. The van der Waals surface area contributed by atoms with Crippen LogP contribution in [0.4, 0.5) is 0 Å². The van der Waals surface area contributed by atoms with E-state index in [0.717, 1.165) is 28.7 Å². The number of halogens is 3. The van der Waals surface area contributed by atoms with E-state index in [0.29, 0.717) is 10.0 Å². The van der Waals surface area contributed by atoms with Gasteiger partial charge in [-0.3, -0.25) is 4.68 Å². The zero-order chi connectivity index (χ0) is 14.7. The maximum atomic E-state index is 6.32. The van der Waals surface area contributed by atoms with Crippen molar-refractivity contribution in [2.75, 3.05) is 7.05 Å². The average Bonchev–Trinajstić information content (AvgIpc) is 2.72. The molecule has 1 aromatic carbocycles. The third-order valence-corrected chi connectivity index (χ3v) is 4.02. The molecule has 108 valence electrons. The second-order valence-electron chi connectivity index (χ2n) is 4.53. The van der Waals surface area contributed by atoms with E-state index in [9.17, 15) is 0 Å². The van der Waals surface area contributed by atoms with Crippen LogP contribution in [0.3, 0.4) is 0 Å². The Hall–Kier alpha value is -0.550. The van der Waals surface area contributed by atoms with E-state index in [1.54, 1.807) is 6.20 Å². The van der Waals surface area contributed by atoms with Crippen LogP contribution >= 0.6 is 39.1 Å². The van der Waals surface area contributed by atoms with Crippen LogP contribution in [-0.4, -0.2) is 16.8 Å². The van der Waals surface area contributed by atoms with Gasteiger partial charge < -0.3 is 5.32 Å². The van der Waals surface area contributed by atoms with Crippen LogP contribution in [0, 0.1) is 0 Å². The van der Waals surface area contributed by atoms with Crippen molar-refractivity contribution in [1.29, 1.82) is 0 Å². The van der Waals surface area contributed by atoms with Crippen molar-refractivity contribution in [3.63, 3.8) is 0 Å². The van der Waals surface area contributed by atoms with E-state index in [2.05, 4.69) is 33.3 Å². The van der Waals surface area contributed by atoms with Gasteiger partial charge in [0.05, 0.1) is 23.0 Å². The van der Waals surface area contributed by atoms with Gasteiger partial charge in [0.2, 0.25) is 0 Å². The van der Waals surface area contributed by atoms with E-state index in [-0.39, 0.29) is 6.04 Å². The van der Waals surface area contributed by atoms with E-state index in [4.69, 9.17) is 23.2 Å². The molecule has 6 heteroatoms. The number of nitrogens with one attached hydrogen (secondary N) is 1. The largest absolute Gasteiger partial charge is 0.308 e. The molecular weight excluding hydrogens is 361 g/mol. The Balaban J connectivity index is 2.49. The summed E-state index contributed by atoms with van der Waals surface area (Å²) in [5, 5.41) is 8.98. The van der Waals surface area contributed by atoms with Crippen LogP contribution in [0.25, 0.3) is 0 Å². The van der Waals surface area contributed by atoms with E-state index in [1.165, 1.54) is 0 Å². The van der Waals surface area contributed by atoms with Gasteiger partial charge >= 0.3 is 0 Å². The molecule has 0 aliphatic heterocycles. The molecule has 0 aliphatic rings. The summed E-state index contributed by atoms with van der Waals surface area (Å²) >= 11 is 15.9. The van der Waals surface area contributed by atoms with Crippen molar-refractivity contribution >= 4 is 39.1 Å². The standard InChI is InChI=1S/C14H16BrCl2N3/c1-3-4-20-14(12(17)8-19-20)13(18-2)9-5-10(15)7-11(16)6-9/h5-8,13,18H,3-4H2,1-2H3. The highest BCUT2D eigenvalue weighted by molar-refractivity contribution is 9.10. The first-order valence-corrected chi connectivity index (χ1v) is 7.96. The van der Waals surface area contributed by atoms with Crippen LogP contribution in [0.1, 0.15) is 30.6 Å². The number of rotatable bonds is 5. The van der Waals surface area contributed by atoms with Gasteiger partial charge in [-0.2, -0.15) is 5.10 Å². The Labute approximate surface area is 137 Å². The number of aryl methyl sites for hydroxylation is 1. The summed E-state index contributed by atoms with van der Waals surface area (Å²) in [6, 6.07) is 5.79. The first-order valence-electron chi connectivity index (χ1n) is 6.41. The fourth-order valence-electron chi connectivity index (χ4n) is 2.25. The van der Waals surface area contributed by atoms with Crippen LogP contribution in [-0.2, 0) is 6.54 Å². The summed E-state index contributed by atoms with van der Waals surface area (Å²) < 4.78 is 2.89. The van der Waals surface area contributed by atoms with Crippen molar-refractivity contribution in [2.24, 2.45) is 0 Å². The predicted molar refractivity (Wildman–Crippen MR) is 87.6 cm³/mol. The highest BCUT2D eigenvalue weighted by atomic mass is 79.9. The topological polar surface area (TPSA) is 29.9 Å². The Morgan fingerprint density at radius 2 is 2.10 bits per heavy atom. The van der Waals surface area contributed by atoms with Crippen molar-refractivity contribution in [1.82, 2.24) is 15.1 Å². The van der Waals surface area contributed by atoms with E-state index < -0.39 is 0 Å². The molecule has 1 heterocycles. The quantitative estimate of drug-likeness (QED) is 0.821. The number of hydrogen-bond donors (Lipinski definition) is 1. The second kappa shape index (κ2) is 6.94. The van der Waals surface area contributed by atoms with Crippen LogP contribution in [0.5, 0.6) is 0 Å². The third-order valence-electron chi connectivity index (χ3n) is 3.05. The molecule has 0 radical (unpaired) electrons. The summed E-state index contributed by atoms with van der Waals surface area (Å²) in [5.41, 5.74) is 2.01. The minimum atomic E-state index is -0.0495. The molecule has 1 atom stereocenters. The highest BCUT2D eigenvalue weighted by Gasteiger charge is 2.21. The van der Waals surface area contributed by atoms with E-state index >= 15 is 0 Å². The lowest BCUT2D eigenvalue weighted by atomic mass is 10.0. The zero-order valence-corrected chi connectivity index (χ0v) is 14.4. The van der Waals surface area contributed by atoms with Crippen LogP contribution < -0.4 is 5.32 Å². The third kappa shape index (κ3) is 3.37. The van der Waals surface area contributed by atoms with Gasteiger partial charge in [0.1, 0.15) is 0 Å². The molecular formula is C14H16BrCl2N3. The molecule has 1 aromatic heterocycles. The van der Waals surface area contributed by atoms with Gasteiger partial charge in [0, 0.05) is 16.0 Å². The molecule has 3 nitrogen and oxygen atoms in total. The van der Waals surface area contributed by atoms with Crippen molar-refractivity contribution < 1.29 is 0 Å². The summed E-state index contributed by atoms with van der Waals surface area (Å²) in [6.45, 7) is 2.95. The zero-order valence-electron chi connectivity index (χ0n) is 11.3. The van der Waals surface area contributed by atoms with Gasteiger partial charge in [-0.1, -0.05) is 46.1 Å². The van der Waals surface area contributed by atoms with Crippen LogP contribution in [0.2, 0.25) is 10.0 Å². The Morgan fingerprint density at radius 3 is 2.70 bits per heavy atom. The fraction of sp³-hybridized carbons (Fsp3) is 0.357. The second-order valence-corrected chi connectivity index (χ2v) is 6.28. The smallest absolute Gasteiger partial charge is 0.0837 e. The lowest BCUT2D eigenvalue weighted by Gasteiger charge is -2.19. The van der Waals surface area contributed by atoms with Crippen molar-refractivity contribution in [2.45, 2.75) is 25.9 Å².